The summed E-state index contributed by atoms with van der Waals surface area (Å²) in [4.78, 5) is 19.1. The van der Waals surface area contributed by atoms with E-state index >= 15 is 0 Å². The molecule has 0 aliphatic carbocycles. The lowest BCUT2D eigenvalue weighted by atomic mass is 10.0. The predicted molar refractivity (Wildman–Crippen MR) is 118 cm³/mol. The van der Waals surface area contributed by atoms with Crippen LogP contribution in [0.5, 0.6) is 0 Å². The maximum absolute atomic E-state index is 12.7. The van der Waals surface area contributed by atoms with E-state index in [1.165, 1.54) is 0 Å². The number of carbonyl (C=O) groups is 1. The summed E-state index contributed by atoms with van der Waals surface area (Å²) in [5.41, 5.74) is 0.932. The van der Waals surface area contributed by atoms with Crippen LogP contribution in [-0.4, -0.2) is 41.5 Å². The molecule has 156 valence electrons. The van der Waals surface area contributed by atoms with Gasteiger partial charge in [0.05, 0.1) is 6.20 Å². The summed E-state index contributed by atoms with van der Waals surface area (Å²) in [6, 6.07) is 7.81. The molecule has 1 aliphatic heterocycles. The molecule has 0 spiro atoms. The van der Waals surface area contributed by atoms with Crippen LogP contribution in [0.2, 0.25) is 5.02 Å². The second-order valence-electron chi connectivity index (χ2n) is 6.69. The number of carbonyl (C=O) groups excluding carboxylic acids is 1. The molecule has 0 radical (unpaired) electrons. The first-order chi connectivity index (χ1) is 12.7. The van der Waals surface area contributed by atoms with Crippen molar-refractivity contribution in [2.45, 2.75) is 45.1 Å². The van der Waals surface area contributed by atoms with Gasteiger partial charge >= 0.3 is 0 Å². The van der Waals surface area contributed by atoms with Crippen LogP contribution in [0, 0.1) is 0 Å². The largest absolute Gasteiger partial charge is 0.441 e. The van der Waals surface area contributed by atoms with Gasteiger partial charge < -0.3 is 14.6 Å². The fourth-order valence-corrected chi connectivity index (χ4v) is 3.53. The zero-order valence-corrected chi connectivity index (χ0v) is 18.4. The average molecular weight is 449 g/mol. The minimum Gasteiger partial charge on any atom is -0.441 e. The van der Waals surface area contributed by atoms with E-state index in [1.54, 1.807) is 6.20 Å². The lowest BCUT2D eigenvalue weighted by Gasteiger charge is -2.34. The summed E-state index contributed by atoms with van der Waals surface area (Å²) in [7, 11) is 0. The Hall–Kier alpha value is -1.27. The van der Waals surface area contributed by atoms with Crippen molar-refractivity contribution in [3.05, 3.63) is 41.4 Å². The van der Waals surface area contributed by atoms with Gasteiger partial charge in [0.1, 0.15) is 0 Å². The topological polar surface area (TPSA) is 58.4 Å². The van der Waals surface area contributed by atoms with Gasteiger partial charge in [0.2, 0.25) is 5.91 Å². The number of aryl methyl sites for hydroxylation is 1. The van der Waals surface area contributed by atoms with Gasteiger partial charge in [0.15, 0.2) is 11.7 Å². The van der Waals surface area contributed by atoms with Crippen molar-refractivity contribution in [2.24, 2.45) is 0 Å². The number of rotatable bonds is 7. The number of oxazole rings is 1. The van der Waals surface area contributed by atoms with Crippen molar-refractivity contribution in [1.82, 2.24) is 15.2 Å². The number of piperidine rings is 1. The normalized spacial score (nSPS) is 14.1. The standard InChI is InChI=1S/C20H26ClN3O2.2ClH/c1-2-13-24(17-9-11-22-12-10-17)20(25)8-7-19-23-14-18(26-19)15-3-5-16(21)6-4-15;;/h3-6,14,17,22H,2,7-13H2,1H3;2*1H. The zero-order chi connectivity index (χ0) is 18.4. The van der Waals surface area contributed by atoms with E-state index in [-0.39, 0.29) is 30.7 Å². The molecule has 0 atom stereocenters. The van der Waals surface area contributed by atoms with E-state index < -0.39 is 0 Å². The first kappa shape index (κ1) is 24.8. The van der Waals surface area contributed by atoms with Gasteiger partial charge in [0.25, 0.3) is 0 Å². The fraction of sp³-hybridized carbons (Fsp3) is 0.500. The van der Waals surface area contributed by atoms with Gasteiger partial charge in [-0.25, -0.2) is 4.98 Å². The molecule has 2 heterocycles. The number of nitrogens with one attached hydrogen (secondary N) is 1. The summed E-state index contributed by atoms with van der Waals surface area (Å²) < 4.78 is 5.81. The number of benzene rings is 1. The summed E-state index contributed by atoms with van der Waals surface area (Å²) in [6.45, 7) is 4.92. The maximum atomic E-state index is 12.7. The molecule has 3 rings (SSSR count). The molecule has 1 aliphatic rings. The molecule has 2 aromatic rings. The molecular weight excluding hydrogens is 421 g/mol. The van der Waals surface area contributed by atoms with Crippen LogP contribution < -0.4 is 5.32 Å². The Labute approximate surface area is 184 Å². The van der Waals surface area contributed by atoms with Crippen molar-refractivity contribution < 1.29 is 9.21 Å². The molecule has 1 aromatic heterocycles. The van der Waals surface area contributed by atoms with E-state index in [1.807, 2.05) is 24.3 Å². The number of halogens is 3. The molecule has 0 unspecified atom stereocenters. The smallest absolute Gasteiger partial charge is 0.223 e. The van der Waals surface area contributed by atoms with E-state index in [4.69, 9.17) is 16.0 Å². The van der Waals surface area contributed by atoms with Gasteiger partial charge in [-0.3, -0.25) is 4.79 Å². The first-order valence-corrected chi connectivity index (χ1v) is 9.76. The summed E-state index contributed by atoms with van der Waals surface area (Å²) in [5.74, 6) is 1.50. The van der Waals surface area contributed by atoms with Crippen LogP contribution >= 0.6 is 36.4 Å². The molecule has 1 amide bonds. The third kappa shape index (κ3) is 6.66. The molecule has 1 fully saturated rings. The summed E-state index contributed by atoms with van der Waals surface area (Å²) in [5, 5.41) is 4.05. The zero-order valence-electron chi connectivity index (χ0n) is 16.0. The van der Waals surface area contributed by atoms with Crippen LogP contribution in [-0.2, 0) is 11.2 Å². The van der Waals surface area contributed by atoms with Crippen molar-refractivity contribution in [3.8, 4) is 11.3 Å². The number of hydrogen-bond acceptors (Lipinski definition) is 4. The number of aromatic nitrogens is 1. The Morgan fingerprint density at radius 1 is 1.25 bits per heavy atom. The highest BCUT2D eigenvalue weighted by Gasteiger charge is 2.24. The molecule has 5 nitrogen and oxygen atoms in total. The van der Waals surface area contributed by atoms with Crippen LogP contribution in [0.25, 0.3) is 11.3 Å². The second kappa shape index (κ2) is 12.3. The number of hydrogen-bond donors (Lipinski definition) is 1. The number of amides is 1. The third-order valence-electron chi connectivity index (χ3n) is 4.77. The second-order valence-corrected chi connectivity index (χ2v) is 7.13. The third-order valence-corrected chi connectivity index (χ3v) is 5.02. The quantitative estimate of drug-likeness (QED) is 0.663. The van der Waals surface area contributed by atoms with E-state index in [9.17, 15) is 4.79 Å². The van der Waals surface area contributed by atoms with E-state index in [0.29, 0.717) is 35.6 Å². The predicted octanol–water partition coefficient (Wildman–Crippen LogP) is 4.76. The minimum absolute atomic E-state index is 0. The molecule has 28 heavy (non-hydrogen) atoms. The van der Waals surface area contributed by atoms with E-state index in [2.05, 4.69) is 22.1 Å². The van der Waals surface area contributed by atoms with Gasteiger partial charge in [-0.15, -0.1) is 24.8 Å². The van der Waals surface area contributed by atoms with Crippen molar-refractivity contribution in [2.75, 3.05) is 19.6 Å². The summed E-state index contributed by atoms with van der Waals surface area (Å²) in [6.07, 6.45) is 5.72. The highest BCUT2D eigenvalue weighted by molar-refractivity contribution is 6.30. The Balaban J connectivity index is 0.00000196. The lowest BCUT2D eigenvalue weighted by molar-refractivity contribution is -0.134. The maximum Gasteiger partial charge on any atom is 0.223 e. The Bertz CT molecular complexity index is 716. The molecule has 1 N–H and O–H groups in total. The monoisotopic (exact) mass is 447 g/mol. The molecule has 1 aromatic carbocycles. The molecule has 0 bridgehead atoms. The van der Waals surface area contributed by atoms with E-state index in [0.717, 1.165) is 44.5 Å². The Morgan fingerprint density at radius 2 is 1.93 bits per heavy atom. The molecule has 0 saturated carbocycles. The highest BCUT2D eigenvalue weighted by Crippen LogP contribution is 2.23. The average Bonchev–Trinajstić information content (AvgIpc) is 3.14. The van der Waals surface area contributed by atoms with Gasteiger partial charge in [0, 0.05) is 36.0 Å². The molecule has 8 heteroatoms. The fourth-order valence-electron chi connectivity index (χ4n) is 3.40. The SMILES string of the molecule is CCCN(C(=O)CCc1ncc(-c2ccc(Cl)cc2)o1)C1CCNCC1.Cl.Cl. The summed E-state index contributed by atoms with van der Waals surface area (Å²) >= 11 is 5.92. The highest BCUT2D eigenvalue weighted by atomic mass is 35.5. The lowest BCUT2D eigenvalue weighted by Crippen LogP contribution is -2.46. The molecular formula is C20H28Cl3N3O2. The first-order valence-electron chi connectivity index (χ1n) is 9.38. The van der Waals surface area contributed by atoms with Crippen LogP contribution in [0.15, 0.2) is 34.9 Å². The Kier molecular flexibility index (Phi) is 10.9. The van der Waals surface area contributed by atoms with Crippen molar-refractivity contribution in [1.29, 1.82) is 0 Å². The van der Waals surface area contributed by atoms with Crippen molar-refractivity contribution >= 4 is 42.3 Å². The van der Waals surface area contributed by atoms with Gasteiger partial charge in [-0.2, -0.15) is 0 Å². The van der Waals surface area contributed by atoms with Crippen LogP contribution in [0.4, 0.5) is 0 Å². The van der Waals surface area contributed by atoms with Crippen molar-refractivity contribution in [3.63, 3.8) is 0 Å². The molecule has 1 saturated heterocycles. The minimum atomic E-state index is 0. The van der Waals surface area contributed by atoms with Gasteiger partial charge in [-0.1, -0.05) is 18.5 Å². The van der Waals surface area contributed by atoms with Gasteiger partial charge in [-0.05, 0) is 56.6 Å². The van der Waals surface area contributed by atoms with Crippen LogP contribution in [0.3, 0.4) is 0 Å². The Morgan fingerprint density at radius 3 is 2.57 bits per heavy atom. The number of nitrogens with zero attached hydrogens (tertiary/aromatic N) is 2. The van der Waals surface area contributed by atoms with Crippen LogP contribution in [0.1, 0.15) is 38.5 Å².